The fourth-order valence-corrected chi connectivity index (χ4v) is 5.10. The topological polar surface area (TPSA) is 78.5 Å². The average molecular weight is 380 g/mol. The molecule has 0 bridgehead atoms. The molecule has 0 radical (unpaired) electrons. The lowest BCUT2D eigenvalue weighted by molar-refractivity contribution is 0.0737. The number of carbonyl (C=O) groups is 1. The average Bonchev–Trinajstić information content (AvgIpc) is 3.26. The van der Waals surface area contributed by atoms with Crippen molar-refractivity contribution in [2.24, 2.45) is 0 Å². The summed E-state index contributed by atoms with van der Waals surface area (Å²) in [6, 6.07) is 10.1. The molecular weight excluding hydrogens is 358 g/mol. The Kier molecular flexibility index (Phi) is 5.41. The molecule has 25 heavy (non-hydrogen) atoms. The van der Waals surface area contributed by atoms with Crippen LogP contribution in [-0.2, 0) is 10.0 Å². The third-order valence-corrected chi connectivity index (χ3v) is 6.98. The van der Waals surface area contributed by atoms with Crippen molar-refractivity contribution in [2.45, 2.75) is 23.1 Å². The summed E-state index contributed by atoms with van der Waals surface area (Å²) in [6.07, 6.45) is 1.97. The number of thiophene rings is 1. The molecule has 1 amide bonds. The Morgan fingerprint density at radius 1 is 1.32 bits per heavy atom. The number of hydrogen-bond donors (Lipinski definition) is 2. The van der Waals surface area contributed by atoms with E-state index in [1.807, 2.05) is 11.9 Å². The Hall–Kier alpha value is -1.90. The van der Waals surface area contributed by atoms with Crippen LogP contribution in [0, 0.1) is 0 Å². The molecule has 2 aromatic rings. The van der Waals surface area contributed by atoms with E-state index in [4.69, 9.17) is 0 Å². The van der Waals surface area contributed by atoms with Crippen LogP contribution in [-0.4, -0.2) is 45.4 Å². The van der Waals surface area contributed by atoms with Crippen LogP contribution in [0.15, 0.2) is 46.0 Å². The van der Waals surface area contributed by atoms with Crippen molar-refractivity contribution in [1.29, 1.82) is 0 Å². The molecule has 1 aromatic carbocycles. The monoisotopic (exact) mass is 379 g/mol. The molecule has 0 spiro atoms. The maximum atomic E-state index is 12.8. The Balaban J connectivity index is 1.78. The molecule has 2 heterocycles. The van der Waals surface area contributed by atoms with Crippen LogP contribution in [0.4, 0.5) is 5.69 Å². The van der Waals surface area contributed by atoms with Crippen molar-refractivity contribution in [3.8, 4) is 0 Å². The van der Waals surface area contributed by atoms with Gasteiger partial charge >= 0.3 is 0 Å². The predicted molar refractivity (Wildman–Crippen MR) is 99.6 cm³/mol. The first-order chi connectivity index (χ1) is 12.0. The standard InChI is InChI=1S/C17H21N3O3S2/c1-18-12-15-7-3-9-20(15)17(21)13-5-2-6-14(11-13)19-25(22,23)16-8-4-10-24-16/h2,4-6,8,10-11,15,18-19H,3,7,9,12H2,1H3. The first-order valence-electron chi connectivity index (χ1n) is 8.13. The quantitative estimate of drug-likeness (QED) is 0.808. The molecule has 6 nitrogen and oxygen atoms in total. The van der Waals surface area contributed by atoms with Gasteiger partial charge in [0.2, 0.25) is 0 Å². The van der Waals surface area contributed by atoms with Crippen LogP contribution in [0.25, 0.3) is 0 Å². The number of anilines is 1. The highest BCUT2D eigenvalue weighted by Crippen LogP contribution is 2.23. The van der Waals surface area contributed by atoms with Crippen LogP contribution in [0.2, 0.25) is 0 Å². The van der Waals surface area contributed by atoms with Gasteiger partial charge in [-0.15, -0.1) is 11.3 Å². The third-order valence-electron chi connectivity index (χ3n) is 4.20. The van der Waals surface area contributed by atoms with Gasteiger partial charge < -0.3 is 10.2 Å². The van der Waals surface area contributed by atoms with Crippen molar-refractivity contribution in [1.82, 2.24) is 10.2 Å². The summed E-state index contributed by atoms with van der Waals surface area (Å²) in [5.41, 5.74) is 0.887. The summed E-state index contributed by atoms with van der Waals surface area (Å²) in [6.45, 7) is 1.49. The number of amides is 1. The van der Waals surface area contributed by atoms with Gasteiger partial charge in [0.25, 0.3) is 15.9 Å². The Morgan fingerprint density at radius 2 is 2.16 bits per heavy atom. The summed E-state index contributed by atoms with van der Waals surface area (Å²) in [4.78, 5) is 14.7. The van der Waals surface area contributed by atoms with Crippen molar-refractivity contribution >= 4 is 33.0 Å². The van der Waals surface area contributed by atoms with Gasteiger partial charge in [-0.25, -0.2) is 8.42 Å². The van der Waals surface area contributed by atoms with Gasteiger partial charge in [0.1, 0.15) is 4.21 Å². The summed E-state index contributed by atoms with van der Waals surface area (Å²) in [5, 5.41) is 4.83. The SMILES string of the molecule is CNCC1CCCN1C(=O)c1cccc(NS(=O)(=O)c2cccs2)c1. The lowest BCUT2D eigenvalue weighted by atomic mass is 10.1. The largest absolute Gasteiger partial charge is 0.334 e. The number of hydrogen-bond acceptors (Lipinski definition) is 5. The smallest absolute Gasteiger partial charge is 0.271 e. The van der Waals surface area contributed by atoms with E-state index in [0.29, 0.717) is 11.3 Å². The Bertz CT molecular complexity index is 835. The number of sulfonamides is 1. The van der Waals surface area contributed by atoms with E-state index >= 15 is 0 Å². The lowest BCUT2D eigenvalue weighted by Gasteiger charge is -2.24. The molecule has 1 saturated heterocycles. The maximum absolute atomic E-state index is 12.8. The fraction of sp³-hybridized carbons (Fsp3) is 0.353. The van der Waals surface area contributed by atoms with E-state index in [-0.39, 0.29) is 16.2 Å². The number of nitrogens with zero attached hydrogens (tertiary/aromatic N) is 1. The van der Waals surface area contributed by atoms with Gasteiger partial charge in [-0.3, -0.25) is 9.52 Å². The number of likely N-dealkylation sites (tertiary alicyclic amines) is 1. The number of likely N-dealkylation sites (N-methyl/N-ethyl adjacent to an activating group) is 1. The normalized spacial score (nSPS) is 17.6. The fourth-order valence-electron chi connectivity index (χ4n) is 3.05. The molecule has 1 unspecified atom stereocenters. The van der Waals surface area contributed by atoms with Gasteiger partial charge in [-0.05, 0) is 49.5 Å². The van der Waals surface area contributed by atoms with E-state index in [9.17, 15) is 13.2 Å². The zero-order valence-corrected chi connectivity index (χ0v) is 15.6. The summed E-state index contributed by atoms with van der Waals surface area (Å²) in [5.74, 6) is -0.0603. The number of benzene rings is 1. The van der Waals surface area contributed by atoms with E-state index in [2.05, 4.69) is 10.0 Å². The van der Waals surface area contributed by atoms with Crippen LogP contribution in [0.3, 0.4) is 0 Å². The van der Waals surface area contributed by atoms with Crippen molar-refractivity contribution in [3.63, 3.8) is 0 Å². The summed E-state index contributed by atoms with van der Waals surface area (Å²) in [7, 11) is -1.74. The van der Waals surface area contributed by atoms with Crippen molar-refractivity contribution < 1.29 is 13.2 Å². The number of rotatable bonds is 6. The minimum atomic E-state index is -3.62. The highest BCUT2D eigenvalue weighted by Gasteiger charge is 2.29. The van der Waals surface area contributed by atoms with Crippen LogP contribution >= 0.6 is 11.3 Å². The minimum Gasteiger partial charge on any atom is -0.334 e. The Morgan fingerprint density at radius 3 is 2.88 bits per heavy atom. The number of nitrogens with one attached hydrogen (secondary N) is 2. The van der Waals surface area contributed by atoms with Gasteiger partial charge in [-0.2, -0.15) is 0 Å². The van der Waals surface area contributed by atoms with Gasteiger partial charge in [0.15, 0.2) is 0 Å². The molecule has 1 fully saturated rings. The lowest BCUT2D eigenvalue weighted by Crippen LogP contribution is -2.40. The second-order valence-corrected chi connectivity index (χ2v) is 8.83. The zero-order chi connectivity index (χ0) is 17.9. The maximum Gasteiger partial charge on any atom is 0.271 e. The second-order valence-electron chi connectivity index (χ2n) is 5.97. The van der Waals surface area contributed by atoms with Crippen molar-refractivity contribution in [2.75, 3.05) is 24.9 Å². The molecule has 1 atom stereocenters. The summed E-state index contributed by atoms with van der Waals surface area (Å²) < 4.78 is 27.5. The molecule has 2 N–H and O–H groups in total. The first kappa shape index (κ1) is 17.9. The third kappa shape index (κ3) is 4.02. The minimum absolute atomic E-state index is 0.0603. The molecule has 1 aliphatic heterocycles. The Labute approximate surface area is 151 Å². The predicted octanol–water partition coefficient (Wildman–Crippen LogP) is 2.37. The molecule has 0 saturated carbocycles. The van der Waals surface area contributed by atoms with Crippen molar-refractivity contribution in [3.05, 3.63) is 47.3 Å². The van der Waals surface area contributed by atoms with E-state index in [1.165, 1.54) is 0 Å². The molecule has 8 heteroatoms. The van der Waals surface area contributed by atoms with Crippen LogP contribution in [0.5, 0.6) is 0 Å². The van der Waals surface area contributed by atoms with E-state index in [0.717, 1.165) is 37.3 Å². The molecule has 1 aliphatic rings. The molecular formula is C17H21N3O3S2. The zero-order valence-electron chi connectivity index (χ0n) is 13.9. The van der Waals surface area contributed by atoms with Gasteiger partial charge in [0, 0.05) is 30.4 Å². The number of carbonyl (C=O) groups excluding carboxylic acids is 1. The van der Waals surface area contributed by atoms with Gasteiger partial charge in [0.05, 0.1) is 0 Å². The molecule has 0 aliphatic carbocycles. The second kappa shape index (κ2) is 7.55. The highest BCUT2D eigenvalue weighted by molar-refractivity contribution is 7.94. The van der Waals surface area contributed by atoms with Crippen LogP contribution in [0.1, 0.15) is 23.2 Å². The van der Waals surface area contributed by atoms with Crippen LogP contribution < -0.4 is 10.0 Å². The molecule has 1 aromatic heterocycles. The van der Waals surface area contributed by atoms with E-state index < -0.39 is 10.0 Å². The highest BCUT2D eigenvalue weighted by atomic mass is 32.2. The molecule has 134 valence electrons. The summed E-state index contributed by atoms with van der Waals surface area (Å²) >= 11 is 1.15. The first-order valence-corrected chi connectivity index (χ1v) is 10.5. The molecule has 3 rings (SSSR count). The van der Waals surface area contributed by atoms with Gasteiger partial charge in [-0.1, -0.05) is 12.1 Å². The van der Waals surface area contributed by atoms with E-state index in [1.54, 1.807) is 41.8 Å².